The van der Waals surface area contributed by atoms with E-state index in [1.165, 1.54) is 19.3 Å². The van der Waals surface area contributed by atoms with Crippen LogP contribution < -0.4 is 10.6 Å². The fourth-order valence-electron chi connectivity index (χ4n) is 3.96. The predicted octanol–water partition coefficient (Wildman–Crippen LogP) is 1.71. The summed E-state index contributed by atoms with van der Waals surface area (Å²) < 4.78 is 29.3. The Morgan fingerprint density at radius 1 is 1.32 bits per heavy atom. The smallest absolute Gasteiger partial charge is 0.191 e. The van der Waals surface area contributed by atoms with E-state index in [-0.39, 0.29) is 11.5 Å². The quantitative estimate of drug-likeness (QED) is 0.568. The lowest BCUT2D eigenvalue weighted by Crippen LogP contribution is -2.54. The maximum Gasteiger partial charge on any atom is 0.191 e. The molecule has 0 bridgehead atoms. The molecule has 2 aliphatic heterocycles. The van der Waals surface area contributed by atoms with Crippen molar-refractivity contribution in [2.24, 2.45) is 16.8 Å². The molecule has 0 aromatic heterocycles. The summed E-state index contributed by atoms with van der Waals surface area (Å²) in [6.45, 7) is 6.57. The highest BCUT2D eigenvalue weighted by Crippen LogP contribution is 2.42. The number of hydrogen-bond donors (Lipinski definition) is 2. The van der Waals surface area contributed by atoms with E-state index in [0.717, 1.165) is 38.4 Å². The molecule has 3 rings (SSSR count). The van der Waals surface area contributed by atoms with E-state index in [1.807, 2.05) is 0 Å². The van der Waals surface area contributed by atoms with Crippen LogP contribution in [0.2, 0.25) is 0 Å². The van der Waals surface area contributed by atoms with Crippen molar-refractivity contribution in [2.75, 3.05) is 31.2 Å². The molecule has 0 aromatic rings. The highest BCUT2D eigenvalue weighted by atomic mass is 32.2. The third-order valence-corrected chi connectivity index (χ3v) is 7.44. The van der Waals surface area contributed by atoms with E-state index in [1.54, 1.807) is 0 Å². The van der Waals surface area contributed by atoms with Crippen LogP contribution in [0, 0.1) is 11.8 Å². The van der Waals surface area contributed by atoms with Crippen molar-refractivity contribution in [1.29, 1.82) is 0 Å². The van der Waals surface area contributed by atoms with Gasteiger partial charge in [0.05, 0.1) is 17.1 Å². The monoisotopic (exact) mass is 371 g/mol. The normalized spacial score (nSPS) is 31.1. The summed E-state index contributed by atoms with van der Waals surface area (Å²) in [7, 11) is -2.82. The molecule has 2 heterocycles. The molecule has 2 atom stereocenters. The Morgan fingerprint density at radius 3 is 2.72 bits per heavy atom. The van der Waals surface area contributed by atoms with Crippen molar-refractivity contribution in [2.45, 2.75) is 64.0 Å². The molecule has 2 unspecified atom stereocenters. The van der Waals surface area contributed by atoms with E-state index in [9.17, 15) is 8.42 Å². The van der Waals surface area contributed by atoms with Gasteiger partial charge in [-0.25, -0.2) is 8.42 Å². The second kappa shape index (κ2) is 7.82. The van der Waals surface area contributed by atoms with Gasteiger partial charge in [0.15, 0.2) is 15.8 Å². The van der Waals surface area contributed by atoms with Crippen LogP contribution >= 0.6 is 0 Å². The Balaban J connectivity index is 1.54. The highest BCUT2D eigenvalue weighted by molar-refractivity contribution is 7.91. The van der Waals surface area contributed by atoms with Crippen LogP contribution in [-0.4, -0.2) is 57.2 Å². The van der Waals surface area contributed by atoms with Crippen LogP contribution in [0.3, 0.4) is 0 Å². The molecule has 1 saturated carbocycles. The van der Waals surface area contributed by atoms with Gasteiger partial charge in [0.25, 0.3) is 0 Å². The minimum Gasteiger partial charge on any atom is -0.375 e. The summed E-state index contributed by atoms with van der Waals surface area (Å²) in [5.74, 6) is 2.16. The van der Waals surface area contributed by atoms with Crippen molar-refractivity contribution in [3.63, 3.8) is 0 Å². The molecule has 1 aliphatic carbocycles. The molecule has 7 heteroatoms. The molecular formula is C18H33N3O3S. The number of sulfone groups is 1. The lowest BCUT2D eigenvalue weighted by molar-refractivity contribution is -0.134. The summed E-state index contributed by atoms with van der Waals surface area (Å²) in [6.07, 6.45) is 6.44. The Kier molecular flexibility index (Phi) is 5.93. The lowest BCUT2D eigenvalue weighted by atomic mass is 9.74. The van der Waals surface area contributed by atoms with Gasteiger partial charge >= 0.3 is 0 Å². The number of hydrogen-bond acceptors (Lipinski definition) is 4. The second-order valence-electron chi connectivity index (χ2n) is 8.45. The van der Waals surface area contributed by atoms with Gasteiger partial charge in [-0.05, 0) is 50.4 Å². The number of nitrogens with one attached hydrogen (secondary N) is 2. The lowest BCUT2D eigenvalue weighted by Gasteiger charge is -2.47. The molecule has 3 aliphatic rings. The average molecular weight is 372 g/mol. The zero-order chi connectivity index (χ0) is 17.9. The first kappa shape index (κ1) is 19.0. The summed E-state index contributed by atoms with van der Waals surface area (Å²) in [5, 5.41) is 6.99. The Morgan fingerprint density at radius 2 is 2.12 bits per heavy atom. The third-order valence-electron chi connectivity index (χ3n) is 5.60. The fourth-order valence-corrected chi connectivity index (χ4v) is 5.83. The Hall–Kier alpha value is -0.820. The van der Waals surface area contributed by atoms with Gasteiger partial charge in [-0.15, -0.1) is 0 Å². The van der Waals surface area contributed by atoms with Crippen LogP contribution in [0.1, 0.15) is 52.4 Å². The maximum atomic E-state index is 11.6. The number of guanidine groups is 1. The van der Waals surface area contributed by atoms with Gasteiger partial charge in [0, 0.05) is 25.7 Å². The van der Waals surface area contributed by atoms with Crippen LogP contribution in [0.15, 0.2) is 4.99 Å². The SMILES string of the molecule is CC(C)CN=C(NCC1CCS(=O)(=O)C1)NC1CCOC2(CCC2)C1. The standard InChI is InChI=1S/C18H33N3O3S/c1-14(2)11-19-17(20-12-15-5-9-25(22,23)13-15)21-16-4-8-24-18(10-16)6-3-7-18/h14-16H,3-13H2,1-2H3,(H2,19,20,21). The van der Waals surface area contributed by atoms with Crippen molar-refractivity contribution >= 4 is 15.8 Å². The minimum absolute atomic E-state index is 0.110. The molecule has 144 valence electrons. The fraction of sp³-hybridized carbons (Fsp3) is 0.944. The number of nitrogens with zero attached hydrogens (tertiary/aromatic N) is 1. The third kappa shape index (κ3) is 5.33. The largest absolute Gasteiger partial charge is 0.375 e. The summed E-state index contributed by atoms with van der Waals surface area (Å²) in [5.41, 5.74) is 0.110. The van der Waals surface area contributed by atoms with Gasteiger partial charge in [0.1, 0.15) is 0 Å². The van der Waals surface area contributed by atoms with E-state index < -0.39 is 9.84 Å². The van der Waals surface area contributed by atoms with Gasteiger partial charge < -0.3 is 15.4 Å². The predicted molar refractivity (Wildman–Crippen MR) is 101 cm³/mol. The van der Waals surface area contributed by atoms with E-state index in [4.69, 9.17) is 9.73 Å². The number of aliphatic imine (C=N–C) groups is 1. The van der Waals surface area contributed by atoms with E-state index >= 15 is 0 Å². The summed E-state index contributed by atoms with van der Waals surface area (Å²) in [4.78, 5) is 4.71. The zero-order valence-corrected chi connectivity index (χ0v) is 16.4. The van der Waals surface area contributed by atoms with Crippen molar-refractivity contribution in [3.05, 3.63) is 0 Å². The molecule has 0 aromatic carbocycles. The molecule has 3 fully saturated rings. The maximum absolute atomic E-state index is 11.6. The van der Waals surface area contributed by atoms with Crippen molar-refractivity contribution in [3.8, 4) is 0 Å². The molecule has 0 amide bonds. The molecule has 2 N–H and O–H groups in total. The molecule has 0 radical (unpaired) electrons. The molecule has 2 saturated heterocycles. The van der Waals surface area contributed by atoms with Crippen molar-refractivity contribution < 1.29 is 13.2 Å². The minimum atomic E-state index is -2.82. The van der Waals surface area contributed by atoms with Crippen LogP contribution in [-0.2, 0) is 14.6 Å². The van der Waals surface area contributed by atoms with E-state index in [2.05, 4.69) is 24.5 Å². The highest BCUT2D eigenvalue weighted by Gasteiger charge is 2.42. The van der Waals surface area contributed by atoms with Gasteiger partial charge in [-0.3, -0.25) is 4.99 Å². The molecule has 25 heavy (non-hydrogen) atoms. The summed E-state index contributed by atoms with van der Waals surface area (Å²) in [6, 6.07) is 0.389. The van der Waals surface area contributed by atoms with Crippen LogP contribution in [0.25, 0.3) is 0 Å². The summed E-state index contributed by atoms with van der Waals surface area (Å²) >= 11 is 0. The second-order valence-corrected chi connectivity index (χ2v) is 10.7. The first-order chi connectivity index (χ1) is 11.9. The molecule has 1 spiro atoms. The topological polar surface area (TPSA) is 79.8 Å². The number of rotatable bonds is 5. The first-order valence-electron chi connectivity index (χ1n) is 9.75. The van der Waals surface area contributed by atoms with Crippen molar-refractivity contribution in [1.82, 2.24) is 10.6 Å². The van der Waals surface area contributed by atoms with Crippen LogP contribution in [0.5, 0.6) is 0 Å². The first-order valence-corrected chi connectivity index (χ1v) is 11.6. The van der Waals surface area contributed by atoms with Gasteiger partial charge in [-0.2, -0.15) is 0 Å². The molecular weight excluding hydrogens is 338 g/mol. The van der Waals surface area contributed by atoms with Crippen LogP contribution in [0.4, 0.5) is 0 Å². The Bertz CT molecular complexity index is 584. The van der Waals surface area contributed by atoms with E-state index in [0.29, 0.717) is 30.0 Å². The number of ether oxygens (including phenoxy) is 1. The Labute approximate surface area is 152 Å². The molecule has 6 nitrogen and oxygen atoms in total. The average Bonchev–Trinajstić information content (AvgIpc) is 2.88. The van der Waals surface area contributed by atoms with Gasteiger partial charge in [0.2, 0.25) is 0 Å². The zero-order valence-electron chi connectivity index (χ0n) is 15.6. The van der Waals surface area contributed by atoms with Gasteiger partial charge in [-0.1, -0.05) is 13.8 Å².